The molecule has 0 bridgehead atoms. The molecular formula is C15H17BrN2O2S. The summed E-state index contributed by atoms with van der Waals surface area (Å²) in [6, 6.07) is 11.1. The molecular weight excluding hydrogens is 352 g/mol. The number of nitrogens with one attached hydrogen (secondary N) is 1. The molecule has 0 saturated heterocycles. The molecule has 0 saturated carbocycles. The van der Waals surface area contributed by atoms with Crippen molar-refractivity contribution in [2.75, 3.05) is 5.32 Å². The van der Waals surface area contributed by atoms with Crippen LogP contribution in [0, 0.1) is 0 Å². The number of benzene rings is 1. The lowest BCUT2D eigenvalue weighted by atomic mass is 10.1. The van der Waals surface area contributed by atoms with Crippen LogP contribution in [0.3, 0.4) is 0 Å². The SMILES string of the molecule is CC(=O)Nc1ccccc1OC(c1ccc(Br)s1)C(C)N. The monoisotopic (exact) mass is 368 g/mol. The third-order valence-corrected chi connectivity index (χ3v) is 4.49. The first-order valence-electron chi connectivity index (χ1n) is 6.51. The zero-order valence-electron chi connectivity index (χ0n) is 11.8. The summed E-state index contributed by atoms with van der Waals surface area (Å²) in [6.07, 6.45) is -0.267. The maximum Gasteiger partial charge on any atom is 0.221 e. The van der Waals surface area contributed by atoms with E-state index in [0.29, 0.717) is 11.4 Å². The number of carbonyl (C=O) groups is 1. The van der Waals surface area contributed by atoms with Crippen molar-refractivity contribution in [1.29, 1.82) is 0 Å². The van der Waals surface area contributed by atoms with Gasteiger partial charge in [-0.25, -0.2) is 0 Å². The standard InChI is InChI=1S/C15H17BrN2O2S/c1-9(17)15(13-7-8-14(16)21-13)20-12-6-4-3-5-11(12)18-10(2)19/h3-9,15H,17H2,1-2H3,(H,18,19). The normalized spacial score (nSPS) is 13.5. The summed E-state index contributed by atoms with van der Waals surface area (Å²) in [5.41, 5.74) is 6.70. The van der Waals surface area contributed by atoms with E-state index in [-0.39, 0.29) is 18.1 Å². The number of para-hydroxylation sites is 2. The van der Waals surface area contributed by atoms with Crippen molar-refractivity contribution < 1.29 is 9.53 Å². The van der Waals surface area contributed by atoms with Crippen LogP contribution in [0.5, 0.6) is 5.75 Å². The lowest BCUT2D eigenvalue weighted by molar-refractivity contribution is -0.114. The molecule has 3 N–H and O–H groups in total. The lowest BCUT2D eigenvalue weighted by Crippen LogP contribution is -2.28. The summed E-state index contributed by atoms with van der Waals surface area (Å²) in [4.78, 5) is 12.3. The Balaban J connectivity index is 2.27. The number of hydrogen-bond donors (Lipinski definition) is 2. The van der Waals surface area contributed by atoms with Crippen LogP contribution < -0.4 is 15.8 Å². The molecule has 0 aliphatic heterocycles. The number of rotatable bonds is 5. The quantitative estimate of drug-likeness (QED) is 0.839. The zero-order valence-corrected chi connectivity index (χ0v) is 14.2. The van der Waals surface area contributed by atoms with Crippen LogP contribution >= 0.6 is 27.3 Å². The highest BCUT2D eigenvalue weighted by atomic mass is 79.9. The van der Waals surface area contributed by atoms with Crippen LogP contribution in [0.15, 0.2) is 40.2 Å². The summed E-state index contributed by atoms with van der Waals surface area (Å²) in [7, 11) is 0. The summed E-state index contributed by atoms with van der Waals surface area (Å²) >= 11 is 5.03. The molecule has 0 fully saturated rings. The molecule has 1 aromatic carbocycles. The number of anilines is 1. The number of ether oxygens (including phenoxy) is 1. The Hall–Kier alpha value is -1.37. The van der Waals surface area contributed by atoms with Crippen molar-refractivity contribution in [3.8, 4) is 5.75 Å². The second-order valence-corrected chi connectivity index (χ2v) is 7.21. The number of hydrogen-bond acceptors (Lipinski definition) is 4. The van der Waals surface area contributed by atoms with E-state index < -0.39 is 0 Å². The fourth-order valence-corrected chi connectivity index (χ4v) is 3.47. The van der Waals surface area contributed by atoms with E-state index >= 15 is 0 Å². The van der Waals surface area contributed by atoms with Crippen LogP contribution in [0.25, 0.3) is 0 Å². The zero-order chi connectivity index (χ0) is 15.4. The highest BCUT2D eigenvalue weighted by molar-refractivity contribution is 9.11. The Morgan fingerprint density at radius 1 is 1.33 bits per heavy atom. The highest BCUT2D eigenvalue weighted by Crippen LogP contribution is 2.34. The predicted octanol–water partition coefficient (Wildman–Crippen LogP) is 3.94. The van der Waals surface area contributed by atoms with Crippen molar-refractivity contribution in [3.63, 3.8) is 0 Å². The second-order valence-electron chi connectivity index (χ2n) is 4.72. The van der Waals surface area contributed by atoms with Gasteiger partial charge < -0.3 is 15.8 Å². The predicted molar refractivity (Wildman–Crippen MR) is 89.8 cm³/mol. The first-order valence-corrected chi connectivity index (χ1v) is 8.12. The van der Waals surface area contributed by atoms with Gasteiger partial charge in [0.05, 0.1) is 9.47 Å². The van der Waals surface area contributed by atoms with Crippen molar-refractivity contribution in [2.24, 2.45) is 5.73 Å². The molecule has 2 aromatic rings. The van der Waals surface area contributed by atoms with Gasteiger partial charge in [-0.15, -0.1) is 11.3 Å². The molecule has 0 aliphatic rings. The Morgan fingerprint density at radius 3 is 2.62 bits per heavy atom. The molecule has 21 heavy (non-hydrogen) atoms. The fraction of sp³-hybridized carbons (Fsp3) is 0.267. The molecule has 0 radical (unpaired) electrons. The molecule has 2 unspecified atom stereocenters. The van der Waals surface area contributed by atoms with E-state index in [9.17, 15) is 4.79 Å². The van der Waals surface area contributed by atoms with E-state index in [2.05, 4.69) is 21.2 Å². The number of thiophene rings is 1. The third-order valence-electron chi connectivity index (χ3n) is 2.80. The van der Waals surface area contributed by atoms with E-state index in [1.54, 1.807) is 17.4 Å². The molecule has 112 valence electrons. The van der Waals surface area contributed by atoms with Crippen LogP contribution in [0.2, 0.25) is 0 Å². The molecule has 1 aromatic heterocycles. The van der Waals surface area contributed by atoms with Gasteiger partial charge in [0.1, 0.15) is 11.9 Å². The van der Waals surface area contributed by atoms with Gasteiger partial charge in [-0.1, -0.05) is 12.1 Å². The largest absolute Gasteiger partial charge is 0.481 e. The molecule has 2 rings (SSSR count). The minimum Gasteiger partial charge on any atom is -0.481 e. The number of nitrogens with two attached hydrogens (primary N) is 1. The van der Waals surface area contributed by atoms with Crippen LogP contribution in [0.4, 0.5) is 5.69 Å². The van der Waals surface area contributed by atoms with Crippen LogP contribution in [0.1, 0.15) is 24.8 Å². The van der Waals surface area contributed by atoms with Crippen molar-refractivity contribution >= 4 is 38.9 Å². The molecule has 0 spiro atoms. The van der Waals surface area contributed by atoms with Crippen LogP contribution in [-0.4, -0.2) is 11.9 Å². The average Bonchev–Trinajstić information content (AvgIpc) is 2.83. The second kappa shape index (κ2) is 7.06. The molecule has 6 heteroatoms. The molecule has 4 nitrogen and oxygen atoms in total. The Labute approximate surface area is 136 Å². The van der Waals surface area contributed by atoms with Gasteiger partial charge >= 0.3 is 0 Å². The Bertz CT molecular complexity index is 628. The maximum atomic E-state index is 11.3. The topological polar surface area (TPSA) is 64.3 Å². The highest BCUT2D eigenvalue weighted by Gasteiger charge is 2.21. The van der Waals surface area contributed by atoms with Crippen molar-refractivity contribution in [3.05, 3.63) is 45.1 Å². The molecule has 1 amide bonds. The van der Waals surface area contributed by atoms with E-state index in [0.717, 1.165) is 8.66 Å². The fourth-order valence-electron chi connectivity index (χ4n) is 1.90. The first kappa shape index (κ1) is 16.0. The van der Waals surface area contributed by atoms with Gasteiger partial charge in [0.2, 0.25) is 5.91 Å². The third kappa shape index (κ3) is 4.30. The average molecular weight is 369 g/mol. The van der Waals surface area contributed by atoms with Gasteiger partial charge in [0.25, 0.3) is 0 Å². The van der Waals surface area contributed by atoms with Gasteiger partial charge in [-0.2, -0.15) is 0 Å². The van der Waals surface area contributed by atoms with Gasteiger partial charge in [0, 0.05) is 17.8 Å². The van der Waals surface area contributed by atoms with E-state index in [1.165, 1.54) is 6.92 Å². The minimum atomic E-state index is -0.267. The maximum absolute atomic E-state index is 11.3. The van der Waals surface area contributed by atoms with Crippen molar-refractivity contribution in [1.82, 2.24) is 0 Å². The minimum absolute atomic E-state index is 0.137. The summed E-state index contributed by atoms with van der Waals surface area (Å²) in [5, 5.41) is 2.76. The van der Waals surface area contributed by atoms with Crippen LogP contribution in [-0.2, 0) is 4.79 Å². The first-order chi connectivity index (χ1) is 9.97. The summed E-state index contributed by atoms with van der Waals surface area (Å²) < 4.78 is 7.09. The molecule has 0 aliphatic carbocycles. The van der Waals surface area contributed by atoms with Crippen molar-refractivity contribution in [2.45, 2.75) is 26.0 Å². The van der Waals surface area contributed by atoms with Gasteiger partial charge in [-0.3, -0.25) is 4.79 Å². The smallest absolute Gasteiger partial charge is 0.221 e. The summed E-state index contributed by atoms with van der Waals surface area (Å²) in [5.74, 6) is 0.474. The van der Waals surface area contributed by atoms with E-state index in [4.69, 9.17) is 10.5 Å². The molecule has 2 atom stereocenters. The lowest BCUT2D eigenvalue weighted by Gasteiger charge is -2.23. The van der Waals surface area contributed by atoms with E-state index in [1.807, 2.05) is 37.3 Å². The Kier molecular flexibility index (Phi) is 5.39. The number of halogens is 1. The summed E-state index contributed by atoms with van der Waals surface area (Å²) in [6.45, 7) is 3.37. The van der Waals surface area contributed by atoms with Gasteiger partial charge in [-0.05, 0) is 47.1 Å². The number of carbonyl (C=O) groups excluding carboxylic acids is 1. The van der Waals surface area contributed by atoms with Gasteiger partial charge in [0.15, 0.2) is 0 Å². The molecule has 1 heterocycles. The Morgan fingerprint density at radius 2 is 2.05 bits per heavy atom. The number of amides is 1.